The fraction of sp³-hybridized carbons (Fsp3) is 0.0769. The molecule has 4 rings (SSSR count). The van der Waals surface area contributed by atoms with Gasteiger partial charge in [-0.05, 0) is 73.2 Å². The molecule has 0 atom stereocenters. The summed E-state index contributed by atoms with van der Waals surface area (Å²) in [6, 6.07) is 26.3. The van der Waals surface area contributed by atoms with Crippen molar-refractivity contribution in [3.05, 3.63) is 107 Å². The molecule has 0 unspecified atom stereocenters. The first-order valence-corrected chi connectivity index (χ1v) is 9.78. The van der Waals surface area contributed by atoms with Crippen LogP contribution in [0.3, 0.4) is 0 Å². The molecule has 0 spiro atoms. The molecule has 0 fully saturated rings. The lowest BCUT2D eigenvalue weighted by Crippen LogP contribution is -2.12. The number of aryl methyl sites for hydroxylation is 2. The van der Waals surface area contributed by atoms with Gasteiger partial charge in [-0.2, -0.15) is 0 Å². The van der Waals surface area contributed by atoms with Crippen LogP contribution in [0, 0.1) is 13.8 Å². The first-order valence-electron chi connectivity index (χ1n) is 9.78. The first kappa shape index (κ1) is 19.4. The molecular weight excluding hydrogens is 372 g/mol. The normalized spacial score (nSPS) is 10.6. The van der Waals surface area contributed by atoms with Crippen LogP contribution in [0.15, 0.2) is 84.9 Å². The minimum atomic E-state index is -0.165. The second-order valence-corrected chi connectivity index (χ2v) is 7.42. The van der Waals surface area contributed by atoms with Crippen LogP contribution in [0.5, 0.6) is 0 Å². The highest BCUT2D eigenvalue weighted by Crippen LogP contribution is 2.20. The van der Waals surface area contributed by atoms with Gasteiger partial charge in [0.15, 0.2) is 0 Å². The third-order valence-electron chi connectivity index (χ3n) is 4.98. The number of anilines is 2. The van der Waals surface area contributed by atoms with E-state index in [2.05, 4.69) is 10.6 Å². The molecule has 4 aromatic carbocycles. The Bertz CT molecular complexity index is 1130. The van der Waals surface area contributed by atoms with Crippen molar-refractivity contribution in [3.8, 4) is 0 Å². The lowest BCUT2D eigenvalue weighted by molar-refractivity contribution is 0.101. The highest BCUT2D eigenvalue weighted by Gasteiger charge is 2.10. The molecule has 4 nitrogen and oxygen atoms in total. The fourth-order valence-corrected chi connectivity index (χ4v) is 3.21. The lowest BCUT2D eigenvalue weighted by atomic mass is 10.0. The molecule has 30 heavy (non-hydrogen) atoms. The molecule has 0 aliphatic rings. The van der Waals surface area contributed by atoms with E-state index in [4.69, 9.17) is 0 Å². The topological polar surface area (TPSA) is 58.2 Å². The molecule has 0 radical (unpaired) electrons. The van der Waals surface area contributed by atoms with E-state index in [1.54, 1.807) is 12.1 Å². The van der Waals surface area contributed by atoms with Gasteiger partial charge in [-0.3, -0.25) is 9.59 Å². The number of amides is 2. The Morgan fingerprint density at radius 2 is 0.900 bits per heavy atom. The third-order valence-corrected chi connectivity index (χ3v) is 4.98. The number of fused-ring (bicyclic) bond motifs is 1. The predicted octanol–water partition coefficient (Wildman–Crippen LogP) is 5.96. The summed E-state index contributed by atoms with van der Waals surface area (Å²) in [7, 11) is 0. The Balaban J connectivity index is 1.51. The van der Waals surface area contributed by atoms with E-state index >= 15 is 0 Å². The summed E-state index contributed by atoms with van der Waals surface area (Å²) in [6.45, 7) is 4.01. The van der Waals surface area contributed by atoms with Gasteiger partial charge in [0.25, 0.3) is 11.8 Å². The molecule has 0 aliphatic carbocycles. The van der Waals surface area contributed by atoms with Crippen LogP contribution in [0.2, 0.25) is 0 Å². The minimum Gasteiger partial charge on any atom is -0.322 e. The molecule has 4 aromatic rings. The summed E-state index contributed by atoms with van der Waals surface area (Å²) in [4.78, 5) is 25.1. The number of carbonyl (C=O) groups excluding carboxylic acids is 2. The van der Waals surface area contributed by atoms with E-state index in [0.29, 0.717) is 11.1 Å². The average molecular weight is 394 g/mol. The van der Waals surface area contributed by atoms with Crippen LogP contribution in [-0.4, -0.2) is 11.8 Å². The smallest absolute Gasteiger partial charge is 0.255 e. The van der Waals surface area contributed by atoms with Gasteiger partial charge in [0.1, 0.15) is 0 Å². The summed E-state index contributed by atoms with van der Waals surface area (Å²) in [5.41, 5.74) is 4.93. The quantitative estimate of drug-likeness (QED) is 0.449. The van der Waals surface area contributed by atoms with E-state index in [-0.39, 0.29) is 11.8 Å². The van der Waals surface area contributed by atoms with Crippen molar-refractivity contribution in [2.24, 2.45) is 0 Å². The molecule has 0 saturated carbocycles. The molecule has 0 bridgehead atoms. The van der Waals surface area contributed by atoms with E-state index in [9.17, 15) is 9.59 Å². The van der Waals surface area contributed by atoms with Crippen LogP contribution < -0.4 is 10.6 Å². The Labute approximate surface area is 175 Å². The number of rotatable bonds is 4. The highest BCUT2D eigenvalue weighted by atomic mass is 16.2. The standard InChI is InChI=1S/C26H22N2O2/c1-17-3-11-23(12-4-17)27-25(29)21-9-7-20-16-22(10-8-19(20)15-21)26(30)28-24-13-5-18(2)6-14-24/h3-16H,1-2H3,(H,27,29)(H,28,30). The number of carbonyl (C=O) groups is 2. The van der Waals surface area contributed by atoms with Crippen LogP contribution in [0.4, 0.5) is 11.4 Å². The second kappa shape index (κ2) is 8.21. The summed E-state index contributed by atoms with van der Waals surface area (Å²) in [5, 5.41) is 7.62. The molecule has 4 heteroatoms. The van der Waals surface area contributed by atoms with Crippen molar-refractivity contribution in [1.29, 1.82) is 0 Å². The van der Waals surface area contributed by atoms with Gasteiger partial charge in [-0.1, -0.05) is 47.5 Å². The van der Waals surface area contributed by atoms with Crippen molar-refractivity contribution in [3.63, 3.8) is 0 Å². The van der Waals surface area contributed by atoms with Gasteiger partial charge < -0.3 is 10.6 Å². The van der Waals surface area contributed by atoms with Crippen molar-refractivity contribution < 1.29 is 9.59 Å². The van der Waals surface area contributed by atoms with Gasteiger partial charge in [-0.15, -0.1) is 0 Å². The van der Waals surface area contributed by atoms with Gasteiger partial charge in [-0.25, -0.2) is 0 Å². The first-order chi connectivity index (χ1) is 14.5. The average Bonchev–Trinajstić information content (AvgIpc) is 2.76. The van der Waals surface area contributed by atoms with Crippen molar-refractivity contribution in [2.45, 2.75) is 13.8 Å². The molecule has 148 valence electrons. The van der Waals surface area contributed by atoms with E-state index in [1.165, 1.54) is 0 Å². The van der Waals surface area contributed by atoms with Crippen LogP contribution >= 0.6 is 0 Å². The van der Waals surface area contributed by atoms with Crippen molar-refractivity contribution >= 4 is 34.0 Å². The van der Waals surface area contributed by atoms with Gasteiger partial charge in [0.05, 0.1) is 0 Å². The molecule has 0 saturated heterocycles. The molecular formula is C26H22N2O2. The zero-order chi connectivity index (χ0) is 21.1. The molecule has 2 amide bonds. The summed E-state index contributed by atoms with van der Waals surface area (Å²) in [6.07, 6.45) is 0. The number of benzene rings is 4. The zero-order valence-corrected chi connectivity index (χ0v) is 16.9. The van der Waals surface area contributed by atoms with E-state index in [1.807, 2.05) is 86.6 Å². The maximum absolute atomic E-state index is 12.6. The summed E-state index contributed by atoms with van der Waals surface area (Å²) < 4.78 is 0. The number of nitrogens with one attached hydrogen (secondary N) is 2. The monoisotopic (exact) mass is 394 g/mol. The fourth-order valence-electron chi connectivity index (χ4n) is 3.21. The van der Waals surface area contributed by atoms with E-state index in [0.717, 1.165) is 33.3 Å². The summed E-state index contributed by atoms with van der Waals surface area (Å²) >= 11 is 0. The van der Waals surface area contributed by atoms with E-state index < -0.39 is 0 Å². The highest BCUT2D eigenvalue weighted by molar-refractivity contribution is 6.09. The van der Waals surface area contributed by atoms with Gasteiger partial charge >= 0.3 is 0 Å². The second-order valence-electron chi connectivity index (χ2n) is 7.42. The molecule has 0 aromatic heterocycles. The van der Waals surface area contributed by atoms with Crippen molar-refractivity contribution in [1.82, 2.24) is 0 Å². The largest absolute Gasteiger partial charge is 0.322 e. The molecule has 0 aliphatic heterocycles. The van der Waals surface area contributed by atoms with Crippen LogP contribution in [-0.2, 0) is 0 Å². The lowest BCUT2D eigenvalue weighted by Gasteiger charge is -2.09. The van der Waals surface area contributed by atoms with Crippen molar-refractivity contribution in [2.75, 3.05) is 10.6 Å². The molecule has 0 heterocycles. The van der Waals surface area contributed by atoms with Gasteiger partial charge in [0, 0.05) is 22.5 Å². The Kier molecular flexibility index (Phi) is 5.31. The minimum absolute atomic E-state index is 0.165. The molecule has 2 N–H and O–H groups in total. The zero-order valence-electron chi connectivity index (χ0n) is 16.9. The maximum atomic E-state index is 12.6. The third kappa shape index (κ3) is 4.39. The van der Waals surface area contributed by atoms with Crippen LogP contribution in [0.25, 0.3) is 10.8 Å². The SMILES string of the molecule is Cc1ccc(NC(=O)c2ccc3cc(C(=O)Nc4ccc(C)cc4)ccc3c2)cc1. The van der Waals surface area contributed by atoms with Crippen LogP contribution in [0.1, 0.15) is 31.8 Å². The predicted molar refractivity (Wildman–Crippen MR) is 122 cm³/mol. The Morgan fingerprint density at radius 1 is 0.533 bits per heavy atom. The summed E-state index contributed by atoms with van der Waals surface area (Å²) in [5.74, 6) is -0.330. The Morgan fingerprint density at radius 3 is 1.27 bits per heavy atom. The number of hydrogen-bond acceptors (Lipinski definition) is 2. The van der Waals surface area contributed by atoms with Gasteiger partial charge in [0.2, 0.25) is 0 Å². The maximum Gasteiger partial charge on any atom is 0.255 e. The number of hydrogen-bond donors (Lipinski definition) is 2. The Hall–Kier alpha value is -3.92.